The van der Waals surface area contributed by atoms with Crippen LogP contribution in [0, 0.1) is 0 Å². The van der Waals surface area contributed by atoms with Crippen molar-refractivity contribution in [2.45, 2.75) is 0 Å². The monoisotopic (exact) mass is 302 g/mol. The first-order valence-electron chi connectivity index (χ1n) is 5.91. The van der Waals surface area contributed by atoms with Crippen LogP contribution in [0.5, 0.6) is 5.75 Å². The molecule has 0 unspecified atom stereocenters. The number of benzene rings is 2. The molecule has 2 aromatic rings. The van der Waals surface area contributed by atoms with Crippen molar-refractivity contribution in [3.05, 3.63) is 42.0 Å². The maximum Gasteiger partial charge on any atom is 0.259 e. The molecule has 4 nitrogen and oxygen atoms in total. The number of hydrogen-bond acceptors (Lipinski definition) is 5. The molecule has 0 atom stereocenters. The molecule has 0 spiro atoms. The number of hydrogen-bond donors (Lipinski definition) is 1. The first-order chi connectivity index (χ1) is 9.66. The van der Waals surface area contributed by atoms with Gasteiger partial charge in [-0.1, -0.05) is 54.3 Å². The second-order valence-electron chi connectivity index (χ2n) is 4.23. The number of amides is 1. The Morgan fingerprint density at radius 2 is 2.10 bits per heavy atom. The fraction of sp³-hybridized carbons (Fsp3) is 0.0714. The molecule has 0 saturated carbocycles. The Morgan fingerprint density at radius 3 is 2.85 bits per heavy atom. The van der Waals surface area contributed by atoms with E-state index >= 15 is 0 Å². The van der Waals surface area contributed by atoms with Crippen LogP contribution in [0.4, 0.5) is 0 Å². The summed E-state index contributed by atoms with van der Waals surface area (Å²) in [5, 5.41) is 17.2. The topological polar surface area (TPSA) is 52.9 Å². The molecule has 1 saturated heterocycles. The fourth-order valence-electron chi connectivity index (χ4n) is 1.96. The minimum Gasteiger partial charge on any atom is -0.507 e. The van der Waals surface area contributed by atoms with Crippen LogP contribution in [-0.2, 0) is 4.79 Å². The van der Waals surface area contributed by atoms with Gasteiger partial charge in [0.25, 0.3) is 5.91 Å². The van der Waals surface area contributed by atoms with Gasteiger partial charge in [0.15, 0.2) is 4.32 Å². The molecule has 1 amide bonds. The molecule has 0 bridgehead atoms. The van der Waals surface area contributed by atoms with E-state index < -0.39 is 0 Å². The molecule has 3 rings (SSSR count). The van der Waals surface area contributed by atoms with Crippen LogP contribution in [-0.4, -0.2) is 32.3 Å². The summed E-state index contributed by atoms with van der Waals surface area (Å²) >= 11 is 6.32. The van der Waals surface area contributed by atoms with Crippen molar-refractivity contribution in [2.75, 3.05) is 5.75 Å². The van der Waals surface area contributed by atoms with Crippen molar-refractivity contribution in [1.29, 1.82) is 0 Å². The van der Waals surface area contributed by atoms with Crippen LogP contribution in [0.15, 0.2) is 41.5 Å². The number of phenols is 1. The highest BCUT2D eigenvalue weighted by atomic mass is 32.2. The van der Waals surface area contributed by atoms with Crippen molar-refractivity contribution in [3.63, 3.8) is 0 Å². The molecule has 1 aliphatic heterocycles. The molecule has 1 fully saturated rings. The highest BCUT2D eigenvalue weighted by molar-refractivity contribution is 8.23. The zero-order valence-corrected chi connectivity index (χ0v) is 11.9. The highest BCUT2D eigenvalue weighted by Crippen LogP contribution is 2.27. The molecule has 100 valence electrons. The minimum atomic E-state index is -0.142. The first kappa shape index (κ1) is 13.1. The van der Waals surface area contributed by atoms with Crippen molar-refractivity contribution in [3.8, 4) is 5.75 Å². The maximum absolute atomic E-state index is 11.5. The van der Waals surface area contributed by atoms with E-state index in [4.69, 9.17) is 12.2 Å². The summed E-state index contributed by atoms with van der Waals surface area (Å²) in [7, 11) is 0. The summed E-state index contributed by atoms with van der Waals surface area (Å²) < 4.78 is 0.437. The lowest BCUT2D eigenvalue weighted by Gasteiger charge is -2.08. The fourth-order valence-corrected chi connectivity index (χ4v) is 2.92. The number of fused-ring (bicyclic) bond motifs is 1. The van der Waals surface area contributed by atoms with E-state index in [1.165, 1.54) is 23.0 Å². The van der Waals surface area contributed by atoms with Crippen LogP contribution >= 0.6 is 24.0 Å². The van der Waals surface area contributed by atoms with Gasteiger partial charge in [-0.15, -0.1) is 0 Å². The molecule has 0 aromatic heterocycles. The number of hydrazone groups is 1. The Labute approximate surface area is 125 Å². The highest BCUT2D eigenvalue weighted by Gasteiger charge is 2.26. The summed E-state index contributed by atoms with van der Waals surface area (Å²) in [6.07, 6.45) is 1.46. The largest absolute Gasteiger partial charge is 0.507 e. The smallest absolute Gasteiger partial charge is 0.259 e. The van der Waals surface area contributed by atoms with Crippen LogP contribution in [0.2, 0.25) is 0 Å². The van der Waals surface area contributed by atoms with Crippen LogP contribution in [0.25, 0.3) is 10.8 Å². The third-order valence-electron chi connectivity index (χ3n) is 2.97. The van der Waals surface area contributed by atoms with Gasteiger partial charge in [0, 0.05) is 10.9 Å². The van der Waals surface area contributed by atoms with Crippen molar-refractivity contribution < 1.29 is 9.90 Å². The lowest BCUT2D eigenvalue weighted by molar-refractivity contribution is -0.123. The van der Waals surface area contributed by atoms with Crippen LogP contribution in [0.1, 0.15) is 5.56 Å². The van der Waals surface area contributed by atoms with Gasteiger partial charge in [0.1, 0.15) is 5.75 Å². The predicted octanol–water partition coefficient (Wildman–Crippen LogP) is 2.74. The van der Waals surface area contributed by atoms with Crippen molar-refractivity contribution >= 4 is 51.2 Å². The third-order valence-corrected chi connectivity index (χ3v) is 4.31. The molecule has 1 heterocycles. The van der Waals surface area contributed by atoms with E-state index in [9.17, 15) is 9.90 Å². The van der Waals surface area contributed by atoms with E-state index in [-0.39, 0.29) is 11.7 Å². The second kappa shape index (κ2) is 5.22. The molecular formula is C14H10N2O2S2. The summed E-state index contributed by atoms with van der Waals surface area (Å²) in [6.45, 7) is 0. The lowest BCUT2D eigenvalue weighted by atomic mass is 10.1. The van der Waals surface area contributed by atoms with E-state index in [2.05, 4.69) is 5.10 Å². The number of carbonyl (C=O) groups excluding carboxylic acids is 1. The molecular weight excluding hydrogens is 292 g/mol. The minimum absolute atomic E-state index is 0.142. The number of thioether (sulfide) groups is 1. The van der Waals surface area contributed by atoms with E-state index in [0.717, 1.165) is 10.8 Å². The summed E-state index contributed by atoms with van der Waals surface area (Å²) in [6, 6.07) is 11.2. The van der Waals surface area contributed by atoms with E-state index in [1.54, 1.807) is 6.07 Å². The van der Waals surface area contributed by atoms with Crippen molar-refractivity contribution in [2.24, 2.45) is 5.10 Å². The van der Waals surface area contributed by atoms with Gasteiger partial charge in [0.2, 0.25) is 0 Å². The molecule has 2 aromatic carbocycles. The summed E-state index contributed by atoms with van der Waals surface area (Å²) in [4.78, 5) is 11.5. The summed E-state index contributed by atoms with van der Waals surface area (Å²) in [5.41, 5.74) is 0.552. The Morgan fingerprint density at radius 1 is 1.30 bits per heavy atom. The number of carbonyl (C=O) groups is 1. The molecule has 0 radical (unpaired) electrons. The van der Waals surface area contributed by atoms with Crippen molar-refractivity contribution in [1.82, 2.24) is 5.01 Å². The zero-order chi connectivity index (χ0) is 14.1. The standard InChI is InChI=1S/C14H10N2O2S2/c17-12-8-20-14(19)16(12)15-7-10-6-5-9-3-1-2-4-11(9)13(10)18/h1-7,18H,8H2. The molecule has 20 heavy (non-hydrogen) atoms. The maximum atomic E-state index is 11.5. The number of rotatable bonds is 2. The molecule has 6 heteroatoms. The van der Waals surface area contributed by atoms with Crippen LogP contribution < -0.4 is 0 Å². The quantitative estimate of drug-likeness (QED) is 0.684. The molecule has 1 aliphatic rings. The molecule has 1 N–H and O–H groups in total. The normalized spacial score (nSPS) is 15.7. The van der Waals surface area contributed by atoms with Gasteiger partial charge in [-0.05, 0) is 11.5 Å². The average molecular weight is 302 g/mol. The third kappa shape index (κ3) is 2.28. The van der Waals surface area contributed by atoms with Crippen LogP contribution in [0.3, 0.4) is 0 Å². The van der Waals surface area contributed by atoms with Gasteiger partial charge in [-0.25, -0.2) is 0 Å². The second-order valence-corrected chi connectivity index (χ2v) is 5.84. The average Bonchev–Trinajstić information content (AvgIpc) is 2.78. The number of thiocarbonyl (C=S) groups is 1. The van der Waals surface area contributed by atoms with E-state index in [1.807, 2.05) is 30.3 Å². The SMILES string of the molecule is O=C1CSC(=S)N1N=Cc1ccc2ccccc2c1O. The Kier molecular flexibility index (Phi) is 3.42. The predicted molar refractivity (Wildman–Crippen MR) is 85.1 cm³/mol. The Hall–Kier alpha value is -1.92. The van der Waals surface area contributed by atoms with Gasteiger partial charge in [0.05, 0.1) is 12.0 Å². The van der Waals surface area contributed by atoms with Gasteiger partial charge in [-0.2, -0.15) is 10.1 Å². The number of nitrogens with zero attached hydrogens (tertiary/aromatic N) is 2. The van der Waals surface area contributed by atoms with Gasteiger partial charge in [-0.3, -0.25) is 4.79 Å². The van der Waals surface area contributed by atoms with Gasteiger partial charge >= 0.3 is 0 Å². The Balaban J connectivity index is 1.97. The van der Waals surface area contributed by atoms with Gasteiger partial charge < -0.3 is 5.11 Å². The number of phenolic OH excluding ortho intramolecular Hbond substituents is 1. The lowest BCUT2D eigenvalue weighted by Crippen LogP contribution is -2.22. The Bertz CT molecular complexity index is 727. The zero-order valence-electron chi connectivity index (χ0n) is 10.3. The summed E-state index contributed by atoms with van der Waals surface area (Å²) in [5.74, 6) is 0.327. The number of aromatic hydroxyl groups is 1. The van der Waals surface area contributed by atoms with E-state index in [0.29, 0.717) is 15.6 Å². The molecule has 0 aliphatic carbocycles. The first-order valence-corrected chi connectivity index (χ1v) is 7.30.